The second-order valence-electron chi connectivity index (χ2n) is 5.25. The molecule has 0 saturated heterocycles. The first kappa shape index (κ1) is 12.0. The first-order valence-electron chi connectivity index (χ1n) is 6.30. The molecule has 1 aliphatic rings. The number of nitrogens with one attached hydrogen (secondary N) is 1. The zero-order valence-electron chi connectivity index (χ0n) is 10.5. The first-order chi connectivity index (χ1) is 9.12. The van der Waals surface area contributed by atoms with Crippen molar-refractivity contribution in [3.05, 3.63) is 30.0 Å². The molecular weight excluding hydrogens is 244 g/mol. The van der Waals surface area contributed by atoms with E-state index in [9.17, 15) is 9.90 Å². The molecule has 4 N–H and O–H groups in total. The Hall–Kier alpha value is -2.01. The molecule has 0 radical (unpaired) electrons. The number of nitrogen functional groups attached to an aromatic ring is 1. The van der Waals surface area contributed by atoms with Gasteiger partial charge in [0.2, 0.25) is 0 Å². The van der Waals surface area contributed by atoms with Gasteiger partial charge in [0.25, 0.3) is 5.91 Å². The molecule has 5 heteroatoms. The molecule has 0 unspecified atom stereocenters. The van der Waals surface area contributed by atoms with Gasteiger partial charge in [-0.3, -0.25) is 4.79 Å². The number of carbonyl (C=O) groups excluding carboxylic acids is 1. The minimum absolute atomic E-state index is 0.105. The van der Waals surface area contributed by atoms with Crippen molar-refractivity contribution >= 4 is 22.6 Å². The van der Waals surface area contributed by atoms with E-state index in [-0.39, 0.29) is 23.7 Å². The van der Waals surface area contributed by atoms with Crippen LogP contribution >= 0.6 is 0 Å². The van der Waals surface area contributed by atoms with Crippen molar-refractivity contribution in [3.8, 4) is 0 Å². The lowest BCUT2D eigenvalue weighted by atomic mass is 10.1. The molecule has 1 amide bonds. The SMILES string of the molecule is Nc1ccc2oc(C(=O)NCC3(CO)CC3)cc2c1. The van der Waals surface area contributed by atoms with E-state index in [1.165, 1.54) is 0 Å². The lowest BCUT2D eigenvalue weighted by Gasteiger charge is -2.11. The minimum atomic E-state index is -0.255. The minimum Gasteiger partial charge on any atom is -0.451 e. The summed E-state index contributed by atoms with van der Waals surface area (Å²) in [5.41, 5.74) is 6.85. The Labute approximate surface area is 110 Å². The summed E-state index contributed by atoms with van der Waals surface area (Å²) in [6.07, 6.45) is 1.92. The number of amides is 1. The lowest BCUT2D eigenvalue weighted by Crippen LogP contribution is -2.31. The molecule has 5 nitrogen and oxygen atoms in total. The number of hydrogen-bond acceptors (Lipinski definition) is 4. The van der Waals surface area contributed by atoms with Crippen LogP contribution in [0.1, 0.15) is 23.4 Å². The third kappa shape index (κ3) is 2.29. The van der Waals surface area contributed by atoms with Gasteiger partial charge < -0.3 is 20.6 Å². The quantitative estimate of drug-likeness (QED) is 0.727. The molecule has 3 rings (SSSR count). The number of aliphatic hydroxyl groups is 1. The highest BCUT2D eigenvalue weighted by Gasteiger charge is 2.42. The molecule has 19 heavy (non-hydrogen) atoms. The predicted octanol–water partition coefficient (Wildman–Crippen LogP) is 1.52. The summed E-state index contributed by atoms with van der Waals surface area (Å²) in [5, 5.41) is 12.8. The molecule has 0 spiro atoms. The highest BCUT2D eigenvalue weighted by atomic mass is 16.3. The Morgan fingerprint density at radius 3 is 2.89 bits per heavy atom. The van der Waals surface area contributed by atoms with Gasteiger partial charge in [-0.05, 0) is 37.1 Å². The van der Waals surface area contributed by atoms with Gasteiger partial charge in [0.1, 0.15) is 5.58 Å². The monoisotopic (exact) mass is 260 g/mol. The second-order valence-corrected chi connectivity index (χ2v) is 5.25. The average molecular weight is 260 g/mol. The van der Waals surface area contributed by atoms with Gasteiger partial charge in [-0.2, -0.15) is 0 Å². The van der Waals surface area contributed by atoms with Crippen LogP contribution in [0.15, 0.2) is 28.7 Å². The van der Waals surface area contributed by atoms with Crippen LogP contribution in [-0.4, -0.2) is 24.2 Å². The number of benzene rings is 1. The van der Waals surface area contributed by atoms with Crippen molar-refractivity contribution in [1.82, 2.24) is 5.32 Å². The number of nitrogens with two attached hydrogens (primary N) is 1. The zero-order valence-corrected chi connectivity index (χ0v) is 10.5. The van der Waals surface area contributed by atoms with Crippen molar-refractivity contribution in [3.63, 3.8) is 0 Å². The van der Waals surface area contributed by atoms with Crippen LogP contribution in [0.5, 0.6) is 0 Å². The molecule has 100 valence electrons. The highest BCUT2D eigenvalue weighted by molar-refractivity contribution is 5.96. The van der Waals surface area contributed by atoms with Crippen molar-refractivity contribution in [2.45, 2.75) is 12.8 Å². The van der Waals surface area contributed by atoms with Crippen LogP contribution < -0.4 is 11.1 Å². The first-order valence-corrected chi connectivity index (χ1v) is 6.30. The van der Waals surface area contributed by atoms with Crippen molar-refractivity contribution in [2.75, 3.05) is 18.9 Å². The Morgan fingerprint density at radius 1 is 1.42 bits per heavy atom. The largest absolute Gasteiger partial charge is 0.451 e. The normalized spacial score (nSPS) is 16.5. The molecule has 0 atom stereocenters. The van der Waals surface area contributed by atoms with Gasteiger partial charge in [0, 0.05) is 23.0 Å². The van der Waals surface area contributed by atoms with Gasteiger partial charge in [-0.25, -0.2) is 0 Å². The zero-order chi connectivity index (χ0) is 13.5. The molecule has 1 fully saturated rings. The third-order valence-electron chi connectivity index (χ3n) is 3.68. The fourth-order valence-electron chi connectivity index (χ4n) is 2.10. The summed E-state index contributed by atoms with van der Waals surface area (Å²) in [4.78, 5) is 12.0. The summed E-state index contributed by atoms with van der Waals surface area (Å²) >= 11 is 0. The smallest absolute Gasteiger partial charge is 0.287 e. The summed E-state index contributed by atoms with van der Waals surface area (Å²) in [5.74, 6) is 0.0174. The van der Waals surface area contributed by atoms with E-state index in [0.717, 1.165) is 18.2 Å². The van der Waals surface area contributed by atoms with Gasteiger partial charge in [-0.1, -0.05) is 0 Å². The van der Waals surface area contributed by atoms with Crippen LogP contribution in [-0.2, 0) is 0 Å². The van der Waals surface area contributed by atoms with E-state index >= 15 is 0 Å². The maximum atomic E-state index is 12.0. The fraction of sp³-hybridized carbons (Fsp3) is 0.357. The van der Waals surface area contributed by atoms with E-state index in [1.54, 1.807) is 24.3 Å². The highest BCUT2D eigenvalue weighted by Crippen LogP contribution is 2.44. The number of anilines is 1. The molecule has 1 heterocycles. The predicted molar refractivity (Wildman–Crippen MR) is 71.7 cm³/mol. The molecule has 1 aromatic heterocycles. The van der Waals surface area contributed by atoms with Gasteiger partial charge in [0.05, 0.1) is 6.61 Å². The van der Waals surface area contributed by atoms with E-state index < -0.39 is 0 Å². The maximum Gasteiger partial charge on any atom is 0.287 e. The number of aliphatic hydroxyl groups excluding tert-OH is 1. The van der Waals surface area contributed by atoms with Crippen LogP contribution in [0.4, 0.5) is 5.69 Å². The Kier molecular flexibility index (Phi) is 2.71. The van der Waals surface area contributed by atoms with E-state index in [0.29, 0.717) is 17.8 Å². The maximum absolute atomic E-state index is 12.0. The van der Waals surface area contributed by atoms with Crippen LogP contribution in [0, 0.1) is 5.41 Å². The van der Waals surface area contributed by atoms with Crippen LogP contribution in [0.25, 0.3) is 11.0 Å². The number of hydrogen-bond donors (Lipinski definition) is 3. The molecule has 2 aromatic rings. The Balaban J connectivity index is 1.74. The number of fused-ring (bicyclic) bond motifs is 1. The standard InChI is InChI=1S/C14H16N2O3/c15-10-1-2-11-9(5-10)6-12(19-11)13(18)16-7-14(8-17)3-4-14/h1-2,5-6,17H,3-4,7-8,15H2,(H,16,18). The van der Waals surface area contributed by atoms with E-state index in [2.05, 4.69) is 5.32 Å². The average Bonchev–Trinajstić information content (AvgIpc) is 3.07. The van der Waals surface area contributed by atoms with Crippen LogP contribution in [0.2, 0.25) is 0 Å². The molecule has 0 bridgehead atoms. The molecular formula is C14H16N2O3. The van der Waals surface area contributed by atoms with Crippen molar-refractivity contribution < 1.29 is 14.3 Å². The third-order valence-corrected chi connectivity index (χ3v) is 3.68. The van der Waals surface area contributed by atoms with Gasteiger partial charge in [0.15, 0.2) is 5.76 Å². The molecule has 1 aliphatic carbocycles. The number of furan rings is 1. The topological polar surface area (TPSA) is 88.5 Å². The van der Waals surface area contributed by atoms with Crippen LogP contribution in [0.3, 0.4) is 0 Å². The molecule has 1 saturated carbocycles. The Bertz CT molecular complexity index is 629. The van der Waals surface area contributed by atoms with E-state index in [1.807, 2.05) is 0 Å². The lowest BCUT2D eigenvalue weighted by molar-refractivity contribution is 0.0909. The molecule has 0 aliphatic heterocycles. The second kappa shape index (κ2) is 4.28. The van der Waals surface area contributed by atoms with Crippen molar-refractivity contribution in [1.29, 1.82) is 0 Å². The summed E-state index contributed by atoms with van der Waals surface area (Å²) in [6.45, 7) is 0.603. The van der Waals surface area contributed by atoms with E-state index in [4.69, 9.17) is 10.2 Å². The van der Waals surface area contributed by atoms with Gasteiger partial charge in [-0.15, -0.1) is 0 Å². The van der Waals surface area contributed by atoms with Gasteiger partial charge >= 0.3 is 0 Å². The summed E-state index contributed by atoms with van der Waals surface area (Å²) in [6, 6.07) is 6.93. The molecule has 1 aromatic carbocycles. The number of carbonyl (C=O) groups is 1. The summed E-state index contributed by atoms with van der Waals surface area (Å²) in [7, 11) is 0. The van der Waals surface area contributed by atoms with Crippen molar-refractivity contribution in [2.24, 2.45) is 5.41 Å². The Morgan fingerprint density at radius 2 is 2.21 bits per heavy atom. The summed E-state index contributed by atoms with van der Waals surface area (Å²) < 4.78 is 5.47. The fourth-order valence-corrected chi connectivity index (χ4v) is 2.10. The number of rotatable bonds is 4.